The Morgan fingerprint density at radius 2 is 1.82 bits per heavy atom. The summed E-state index contributed by atoms with van der Waals surface area (Å²) in [5, 5.41) is 9.76. The van der Waals surface area contributed by atoms with Crippen LogP contribution < -0.4 is 0 Å². The number of nitrogens with one attached hydrogen (secondary N) is 1. The van der Waals surface area contributed by atoms with Crippen molar-refractivity contribution in [3.63, 3.8) is 0 Å². The summed E-state index contributed by atoms with van der Waals surface area (Å²) in [5.74, 6) is -0.830. The van der Waals surface area contributed by atoms with Crippen LogP contribution in [0.25, 0.3) is 0 Å². The molecule has 0 amide bonds. The molecule has 2 N–H and O–H groups in total. The summed E-state index contributed by atoms with van der Waals surface area (Å²) >= 11 is 0. The van der Waals surface area contributed by atoms with E-state index in [1.165, 1.54) is 12.1 Å². The quantitative estimate of drug-likeness (QED) is 0.846. The first-order valence-corrected chi connectivity index (χ1v) is 7.14. The van der Waals surface area contributed by atoms with Crippen molar-refractivity contribution < 1.29 is 19.0 Å². The third-order valence-corrected chi connectivity index (χ3v) is 3.74. The molecule has 4 nitrogen and oxygen atoms in total. The number of hydrogen-bond donors (Lipinski definition) is 2. The Morgan fingerprint density at radius 1 is 1.23 bits per heavy atom. The van der Waals surface area contributed by atoms with Gasteiger partial charge >= 0.3 is 5.97 Å². The normalized spacial score (nSPS) is 13.7. The molecule has 0 fully saturated rings. The lowest BCUT2D eigenvalue weighted by atomic mass is 10.1. The van der Waals surface area contributed by atoms with Gasteiger partial charge in [0, 0.05) is 11.3 Å². The standard InChI is InChI=1S/C17H20FNO3/c1-9-15(11(3)20)10(2)19-16(9)17(21)22-12(4)13-5-7-14(18)8-6-13/h5-8,11-12,19-20H,1-4H3/t11-,12-/m1/s1. The zero-order valence-corrected chi connectivity index (χ0v) is 13.1. The molecule has 0 aliphatic carbocycles. The largest absolute Gasteiger partial charge is 0.453 e. The van der Waals surface area contributed by atoms with Crippen molar-refractivity contribution >= 4 is 5.97 Å². The number of esters is 1. The number of H-pyrrole nitrogens is 1. The van der Waals surface area contributed by atoms with E-state index in [2.05, 4.69) is 4.98 Å². The van der Waals surface area contributed by atoms with Crippen LogP contribution in [0.4, 0.5) is 4.39 Å². The van der Waals surface area contributed by atoms with Crippen LogP contribution in [0.1, 0.15) is 58.9 Å². The number of carbonyl (C=O) groups excluding carboxylic acids is 1. The Morgan fingerprint density at radius 3 is 2.32 bits per heavy atom. The second kappa shape index (κ2) is 6.32. The minimum absolute atomic E-state index is 0.334. The van der Waals surface area contributed by atoms with Gasteiger partial charge in [0.1, 0.15) is 17.6 Å². The first kappa shape index (κ1) is 16.2. The molecule has 0 aliphatic heterocycles. The smallest absolute Gasteiger partial charge is 0.355 e. The molecule has 0 saturated heterocycles. The third-order valence-electron chi connectivity index (χ3n) is 3.74. The average molecular weight is 305 g/mol. The van der Waals surface area contributed by atoms with Gasteiger partial charge in [-0.25, -0.2) is 9.18 Å². The maximum absolute atomic E-state index is 12.9. The van der Waals surface area contributed by atoms with Crippen molar-refractivity contribution in [1.82, 2.24) is 4.98 Å². The van der Waals surface area contributed by atoms with Gasteiger partial charge < -0.3 is 14.8 Å². The number of aromatic amines is 1. The highest BCUT2D eigenvalue weighted by Gasteiger charge is 2.22. The van der Waals surface area contributed by atoms with E-state index < -0.39 is 18.2 Å². The molecule has 0 bridgehead atoms. The molecule has 1 aromatic carbocycles. The SMILES string of the molecule is Cc1[nH]c(C(=O)O[C@H](C)c2ccc(F)cc2)c(C)c1[C@@H](C)O. The molecule has 1 heterocycles. The molecule has 2 atom stereocenters. The minimum Gasteiger partial charge on any atom is -0.453 e. The minimum atomic E-state index is -0.660. The zero-order valence-electron chi connectivity index (χ0n) is 13.1. The summed E-state index contributed by atoms with van der Waals surface area (Å²) < 4.78 is 18.3. The highest BCUT2D eigenvalue weighted by Crippen LogP contribution is 2.26. The van der Waals surface area contributed by atoms with E-state index >= 15 is 0 Å². The van der Waals surface area contributed by atoms with Gasteiger partial charge in [-0.05, 0) is 51.0 Å². The number of aliphatic hydroxyl groups is 1. The Hall–Kier alpha value is -2.14. The van der Waals surface area contributed by atoms with Gasteiger partial charge in [-0.15, -0.1) is 0 Å². The molecule has 0 saturated carbocycles. The fraction of sp³-hybridized carbons (Fsp3) is 0.353. The lowest BCUT2D eigenvalue weighted by Gasteiger charge is -2.13. The summed E-state index contributed by atoms with van der Waals surface area (Å²) in [6, 6.07) is 5.83. The summed E-state index contributed by atoms with van der Waals surface area (Å²) in [5.41, 5.74) is 3.19. The molecule has 118 valence electrons. The van der Waals surface area contributed by atoms with Crippen LogP contribution in [-0.2, 0) is 4.74 Å². The Kier molecular flexibility index (Phi) is 4.66. The lowest BCUT2D eigenvalue weighted by molar-refractivity contribution is 0.0330. The number of benzene rings is 1. The molecule has 1 aromatic heterocycles. The third kappa shape index (κ3) is 3.20. The number of aryl methyl sites for hydroxylation is 1. The van der Waals surface area contributed by atoms with Crippen LogP contribution in [0.3, 0.4) is 0 Å². The number of halogens is 1. The van der Waals surface area contributed by atoms with Crippen LogP contribution in [-0.4, -0.2) is 16.1 Å². The van der Waals surface area contributed by atoms with E-state index in [0.717, 1.165) is 5.69 Å². The second-order valence-electron chi connectivity index (χ2n) is 5.44. The first-order chi connectivity index (χ1) is 10.3. The molecular weight excluding hydrogens is 285 g/mol. The van der Waals surface area contributed by atoms with Crippen molar-refractivity contribution in [1.29, 1.82) is 0 Å². The molecule has 22 heavy (non-hydrogen) atoms. The number of ether oxygens (including phenoxy) is 1. The number of carbonyl (C=O) groups is 1. The molecule has 2 rings (SSSR count). The van der Waals surface area contributed by atoms with Crippen molar-refractivity contribution in [2.24, 2.45) is 0 Å². The molecular formula is C17H20FNO3. The molecule has 0 aliphatic rings. The monoisotopic (exact) mass is 305 g/mol. The van der Waals surface area contributed by atoms with Gasteiger partial charge in [0.15, 0.2) is 0 Å². The highest BCUT2D eigenvalue weighted by atomic mass is 19.1. The van der Waals surface area contributed by atoms with E-state index in [9.17, 15) is 14.3 Å². The fourth-order valence-corrected chi connectivity index (χ4v) is 2.62. The Bertz CT molecular complexity index is 674. The van der Waals surface area contributed by atoms with Gasteiger partial charge in [-0.2, -0.15) is 0 Å². The molecule has 0 spiro atoms. The second-order valence-corrected chi connectivity index (χ2v) is 5.44. The summed E-state index contributed by atoms with van der Waals surface area (Å²) in [4.78, 5) is 15.3. The fourth-order valence-electron chi connectivity index (χ4n) is 2.62. The van der Waals surface area contributed by atoms with Crippen molar-refractivity contribution in [3.8, 4) is 0 Å². The Balaban J connectivity index is 2.19. The van der Waals surface area contributed by atoms with Gasteiger partial charge in [0.25, 0.3) is 0 Å². The Labute approximate surface area is 128 Å². The molecule has 0 unspecified atom stereocenters. The van der Waals surface area contributed by atoms with E-state index in [1.54, 1.807) is 39.8 Å². The summed E-state index contributed by atoms with van der Waals surface area (Å²) in [6.45, 7) is 6.95. The van der Waals surface area contributed by atoms with E-state index in [0.29, 0.717) is 22.4 Å². The number of aliphatic hydroxyl groups excluding tert-OH is 1. The van der Waals surface area contributed by atoms with Crippen molar-refractivity contribution in [2.75, 3.05) is 0 Å². The maximum atomic E-state index is 12.9. The van der Waals surface area contributed by atoms with Crippen LogP contribution in [0.2, 0.25) is 0 Å². The van der Waals surface area contributed by atoms with E-state index in [-0.39, 0.29) is 5.82 Å². The maximum Gasteiger partial charge on any atom is 0.355 e. The number of rotatable bonds is 4. The molecule has 5 heteroatoms. The van der Waals surface area contributed by atoms with Crippen LogP contribution >= 0.6 is 0 Å². The van der Waals surface area contributed by atoms with E-state index in [4.69, 9.17) is 4.74 Å². The van der Waals surface area contributed by atoms with Crippen molar-refractivity contribution in [2.45, 2.75) is 39.9 Å². The zero-order chi connectivity index (χ0) is 16.4. The van der Waals surface area contributed by atoms with Crippen molar-refractivity contribution in [3.05, 3.63) is 58.2 Å². The summed E-state index contributed by atoms with van der Waals surface area (Å²) in [7, 11) is 0. The number of hydrogen-bond acceptors (Lipinski definition) is 3. The van der Waals surface area contributed by atoms with Gasteiger partial charge in [-0.1, -0.05) is 12.1 Å². The van der Waals surface area contributed by atoms with Gasteiger partial charge in [0.05, 0.1) is 6.10 Å². The highest BCUT2D eigenvalue weighted by molar-refractivity contribution is 5.90. The van der Waals surface area contributed by atoms with Crippen LogP contribution in [0.15, 0.2) is 24.3 Å². The summed E-state index contributed by atoms with van der Waals surface area (Å²) in [6.07, 6.45) is -1.15. The average Bonchev–Trinajstić information content (AvgIpc) is 2.74. The van der Waals surface area contributed by atoms with Gasteiger partial charge in [-0.3, -0.25) is 0 Å². The van der Waals surface area contributed by atoms with Crippen LogP contribution in [0.5, 0.6) is 0 Å². The predicted molar refractivity (Wildman–Crippen MR) is 81.1 cm³/mol. The topological polar surface area (TPSA) is 62.3 Å². The number of aromatic nitrogens is 1. The van der Waals surface area contributed by atoms with E-state index in [1.807, 2.05) is 0 Å². The predicted octanol–water partition coefficient (Wildman–Crippen LogP) is 3.74. The molecule has 2 aromatic rings. The van der Waals surface area contributed by atoms with Crippen LogP contribution in [0, 0.1) is 19.7 Å². The lowest BCUT2D eigenvalue weighted by Crippen LogP contribution is -2.11. The molecule has 0 radical (unpaired) electrons. The van der Waals surface area contributed by atoms with Gasteiger partial charge in [0.2, 0.25) is 0 Å². The first-order valence-electron chi connectivity index (χ1n) is 7.14.